The van der Waals surface area contributed by atoms with E-state index in [0.29, 0.717) is 0 Å². The van der Waals surface area contributed by atoms with Gasteiger partial charge in [-0.1, -0.05) is 29.7 Å². The van der Waals surface area contributed by atoms with Crippen LogP contribution >= 0.6 is 22.5 Å². The van der Waals surface area contributed by atoms with Crippen LogP contribution in [0.4, 0.5) is 0 Å². The van der Waals surface area contributed by atoms with Crippen LogP contribution in [0.5, 0.6) is 0 Å². The number of hydrogen-bond acceptors (Lipinski definition) is 2. The standard InChI is InChI=1S/C7H14S2/c1-3-4-5-7(2)6-9-8/h6,8H,3-5H2,1-2H3. The first-order valence-electron chi connectivity index (χ1n) is 3.27. The van der Waals surface area contributed by atoms with Gasteiger partial charge in [0.1, 0.15) is 0 Å². The molecule has 0 amide bonds. The molecule has 54 valence electrons. The Morgan fingerprint density at radius 2 is 2.33 bits per heavy atom. The van der Waals surface area contributed by atoms with Crippen LogP contribution in [0, 0.1) is 0 Å². The Bertz CT molecular complexity index is 86.9. The molecule has 2 heteroatoms. The molecular weight excluding hydrogens is 148 g/mol. The predicted molar refractivity (Wildman–Crippen MR) is 49.9 cm³/mol. The Morgan fingerprint density at radius 1 is 1.67 bits per heavy atom. The number of unbranched alkanes of at least 4 members (excludes halogenated alkanes) is 1. The summed E-state index contributed by atoms with van der Waals surface area (Å²) in [4.78, 5) is 0. The van der Waals surface area contributed by atoms with Gasteiger partial charge in [-0.2, -0.15) is 0 Å². The largest absolute Gasteiger partial charge is 0.107 e. The van der Waals surface area contributed by atoms with Gasteiger partial charge in [0.2, 0.25) is 0 Å². The Hall–Kier alpha value is 0.440. The summed E-state index contributed by atoms with van der Waals surface area (Å²) in [5.41, 5.74) is 1.44. The van der Waals surface area contributed by atoms with Gasteiger partial charge < -0.3 is 0 Å². The van der Waals surface area contributed by atoms with Crippen molar-refractivity contribution in [2.75, 3.05) is 0 Å². The van der Waals surface area contributed by atoms with Crippen molar-refractivity contribution in [1.29, 1.82) is 0 Å². The zero-order valence-electron chi connectivity index (χ0n) is 6.05. The molecule has 0 radical (unpaired) electrons. The maximum Gasteiger partial charge on any atom is -0.0195 e. The zero-order chi connectivity index (χ0) is 7.11. The van der Waals surface area contributed by atoms with Crippen molar-refractivity contribution in [2.24, 2.45) is 0 Å². The molecule has 0 aromatic rings. The second-order valence-corrected chi connectivity index (χ2v) is 3.25. The van der Waals surface area contributed by atoms with Crippen LogP contribution in [-0.2, 0) is 0 Å². The molecule has 0 bridgehead atoms. The topological polar surface area (TPSA) is 0 Å². The van der Waals surface area contributed by atoms with Crippen LogP contribution in [0.2, 0.25) is 0 Å². The SMILES string of the molecule is CCCCC(C)=CSS. The summed E-state index contributed by atoms with van der Waals surface area (Å²) in [6.45, 7) is 4.36. The average Bonchev–Trinajstić information content (AvgIpc) is 1.85. The van der Waals surface area contributed by atoms with E-state index < -0.39 is 0 Å². The predicted octanol–water partition coefficient (Wildman–Crippen LogP) is 3.66. The number of hydrogen-bond donors (Lipinski definition) is 1. The highest BCUT2D eigenvalue weighted by Crippen LogP contribution is 2.14. The zero-order valence-corrected chi connectivity index (χ0v) is 7.77. The van der Waals surface area contributed by atoms with Crippen LogP contribution < -0.4 is 0 Å². The molecule has 0 saturated heterocycles. The summed E-state index contributed by atoms with van der Waals surface area (Å²) in [6, 6.07) is 0. The fourth-order valence-electron chi connectivity index (χ4n) is 0.605. The third-order valence-electron chi connectivity index (χ3n) is 1.18. The minimum Gasteiger partial charge on any atom is -0.107 e. The minimum atomic E-state index is 1.23. The Balaban J connectivity index is 3.25. The van der Waals surface area contributed by atoms with Crippen molar-refractivity contribution in [3.63, 3.8) is 0 Å². The molecule has 0 aliphatic rings. The monoisotopic (exact) mass is 162 g/mol. The van der Waals surface area contributed by atoms with Crippen molar-refractivity contribution in [2.45, 2.75) is 33.1 Å². The van der Waals surface area contributed by atoms with Gasteiger partial charge in [0, 0.05) is 0 Å². The number of rotatable bonds is 4. The van der Waals surface area contributed by atoms with E-state index in [2.05, 4.69) is 30.9 Å². The van der Waals surface area contributed by atoms with Crippen molar-refractivity contribution in [3.05, 3.63) is 11.0 Å². The molecule has 0 heterocycles. The molecule has 0 fully saturated rings. The summed E-state index contributed by atoms with van der Waals surface area (Å²) in [5.74, 6) is 0. The highest BCUT2D eigenvalue weighted by Gasteiger charge is 1.86. The molecule has 0 N–H and O–H groups in total. The molecule has 0 rings (SSSR count). The van der Waals surface area contributed by atoms with E-state index in [0.717, 1.165) is 0 Å². The first-order valence-corrected chi connectivity index (χ1v) is 5.20. The van der Waals surface area contributed by atoms with Gasteiger partial charge in [-0.3, -0.25) is 0 Å². The average molecular weight is 162 g/mol. The van der Waals surface area contributed by atoms with E-state index in [1.54, 1.807) is 0 Å². The molecule has 0 unspecified atom stereocenters. The van der Waals surface area contributed by atoms with Crippen LogP contribution in [0.15, 0.2) is 11.0 Å². The fraction of sp³-hybridized carbons (Fsp3) is 0.714. The second-order valence-electron chi connectivity index (χ2n) is 2.17. The van der Waals surface area contributed by atoms with Gasteiger partial charge in [-0.05, 0) is 25.2 Å². The second kappa shape index (κ2) is 6.56. The van der Waals surface area contributed by atoms with E-state index in [-0.39, 0.29) is 0 Å². The first-order chi connectivity index (χ1) is 4.31. The first kappa shape index (κ1) is 9.44. The lowest BCUT2D eigenvalue weighted by Crippen LogP contribution is -1.74. The van der Waals surface area contributed by atoms with Crippen molar-refractivity contribution in [1.82, 2.24) is 0 Å². The fourth-order valence-corrected chi connectivity index (χ4v) is 1.44. The van der Waals surface area contributed by atoms with Gasteiger partial charge in [-0.25, -0.2) is 0 Å². The maximum absolute atomic E-state index is 4.02. The third kappa shape index (κ3) is 6.32. The molecular formula is C7H14S2. The molecule has 0 nitrogen and oxygen atoms in total. The summed E-state index contributed by atoms with van der Waals surface area (Å²) < 4.78 is 0. The van der Waals surface area contributed by atoms with Gasteiger partial charge >= 0.3 is 0 Å². The Morgan fingerprint density at radius 3 is 2.78 bits per heavy atom. The van der Waals surface area contributed by atoms with Crippen LogP contribution in [0.3, 0.4) is 0 Å². The van der Waals surface area contributed by atoms with Gasteiger partial charge in [0.05, 0.1) is 0 Å². The minimum absolute atomic E-state index is 1.23. The van der Waals surface area contributed by atoms with Crippen LogP contribution in [0.1, 0.15) is 33.1 Å². The van der Waals surface area contributed by atoms with E-state index >= 15 is 0 Å². The molecule has 0 atom stereocenters. The number of allylic oxidation sites excluding steroid dienone is 1. The van der Waals surface area contributed by atoms with Gasteiger partial charge in [0.25, 0.3) is 0 Å². The van der Waals surface area contributed by atoms with Crippen LogP contribution in [0.25, 0.3) is 0 Å². The molecule has 0 aliphatic carbocycles. The summed E-state index contributed by atoms with van der Waals surface area (Å²) >= 11 is 4.02. The van der Waals surface area contributed by atoms with E-state index in [1.807, 2.05) is 0 Å². The lowest BCUT2D eigenvalue weighted by atomic mass is 10.2. The summed E-state index contributed by atoms with van der Waals surface area (Å²) in [6.07, 6.45) is 3.81. The lowest BCUT2D eigenvalue weighted by molar-refractivity contribution is 0.789. The maximum atomic E-state index is 4.02. The summed E-state index contributed by atoms with van der Waals surface area (Å²) in [7, 11) is 1.49. The molecule has 0 spiro atoms. The van der Waals surface area contributed by atoms with Crippen molar-refractivity contribution < 1.29 is 0 Å². The van der Waals surface area contributed by atoms with Gasteiger partial charge in [-0.15, -0.1) is 11.7 Å². The molecule has 0 aromatic heterocycles. The highest BCUT2D eigenvalue weighted by atomic mass is 33.1. The van der Waals surface area contributed by atoms with Crippen molar-refractivity contribution in [3.8, 4) is 0 Å². The van der Waals surface area contributed by atoms with Gasteiger partial charge in [0.15, 0.2) is 0 Å². The highest BCUT2D eigenvalue weighted by molar-refractivity contribution is 8.69. The molecule has 9 heavy (non-hydrogen) atoms. The van der Waals surface area contributed by atoms with E-state index in [1.165, 1.54) is 35.6 Å². The van der Waals surface area contributed by atoms with E-state index in [9.17, 15) is 0 Å². The smallest absolute Gasteiger partial charge is 0.0195 e. The molecule has 0 aromatic carbocycles. The van der Waals surface area contributed by atoms with Crippen LogP contribution in [-0.4, -0.2) is 0 Å². The Labute approximate surface area is 66.9 Å². The van der Waals surface area contributed by atoms with Crippen molar-refractivity contribution >= 4 is 22.5 Å². The molecule has 0 saturated carbocycles. The number of thiol groups is 1. The summed E-state index contributed by atoms with van der Waals surface area (Å²) in [5, 5.41) is 2.10. The normalized spacial score (nSPS) is 12.1. The lowest BCUT2D eigenvalue weighted by Gasteiger charge is -1.95. The Kier molecular flexibility index (Phi) is 6.88. The quantitative estimate of drug-likeness (QED) is 0.486. The third-order valence-corrected chi connectivity index (χ3v) is 2.00. The molecule has 0 aliphatic heterocycles. The van der Waals surface area contributed by atoms with E-state index in [4.69, 9.17) is 0 Å².